The minimum absolute atomic E-state index is 0.00521. The van der Waals surface area contributed by atoms with Crippen LogP contribution in [0, 0.1) is 34.5 Å². The number of rotatable bonds is 20. The van der Waals surface area contributed by atoms with Crippen molar-refractivity contribution in [3.05, 3.63) is 118 Å². The number of anilines is 2. The molecule has 9 atom stereocenters. The van der Waals surface area contributed by atoms with Crippen molar-refractivity contribution < 1.29 is 88.3 Å². The molecule has 0 bridgehead atoms. The molecule has 3 amide bonds. The first-order valence-electron chi connectivity index (χ1n) is 29.6. The molecule has 4 aromatic carbocycles. The van der Waals surface area contributed by atoms with E-state index in [1.54, 1.807) is 30.9 Å². The van der Waals surface area contributed by atoms with Crippen molar-refractivity contribution in [1.29, 1.82) is 0 Å². The number of piperidine rings is 1. The molecular formula is C59H71F5N10O14P2. The Labute approximate surface area is 513 Å². The summed E-state index contributed by atoms with van der Waals surface area (Å²) in [5.41, 5.74) is 5.49. The van der Waals surface area contributed by atoms with Crippen molar-refractivity contribution in [3.8, 4) is 0 Å². The predicted molar refractivity (Wildman–Crippen MR) is 314 cm³/mol. The van der Waals surface area contributed by atoms with Crippen molar-refractivity contribution >= 4 is 67.0 Å². The highest BCUT2D eigenvalue weighted by molar-refractivity contribution is 7.46. The molecule has 24 nitrogen and oxygen atoms in total. The van der Waals surface area contributed by atoms with Crippen LogP contribution in [0.2, 0.25) is 0 Å². The van der Waals surface area contributed by atoms with Crippen LogP contribution in [0.4, 0.5) is 38.1 Å². The SMILES string of the molecule is COC(=O)NC1CC1(C(=O)N1CCC[C@H]1c1nc2cc([C@H]3CC[C@H](c4cc5nc([C@@H]6CCCN6C(=O)C(N)[C@@H](C)OC)n(COP(=O)(O)O)c5cc4F)N3c3cc(F)c(N4CCC(c5ccc(F)cc5)CC4)c(F)c3)c(F)cc2n1COP(=O)(O)O)C(C)OC. The van der Waals surface area contributed by atoms with E-state index in [0.717, 1.165) is 29.8 Å². The van der Waals surface area contributed by atoms with E-state index in [-0.39, 0.29) is 114 Å². The monoisotopic (exact) mass is 1300 g/mol. The molecule has 4 unspecified atom stereocenters. The number of phosphoric ester groups is 2. The Bertz CT molecular complexity index is 3810. The molecule has 1 saturated carbocycles. The third-order valence-corrected chi connectivity index (χ3v) is 19.7. The van der Waals surface area contributed by atoms with Crippen molar-refractivity contribution in [1.82, 2.24) is 34.2 Å². The maximum Gasteiger partial charge on any atom is 0.471 e. The van der Waals surface area contributed by atoms with E-state index in [0.29, 0.717) is 32.1 Å². The van der Waals surface area contributed by atoms with Gasteiger partial charge in [-0.15, -0.1) is 0 Å². The number of nitrogens with one attached hydrogen (secondary N) is 1. The number of aromatic nitrogens is 4. The Hall–Kier alpha value is -6.62. The van der Waals surface area contributed by atoms with Gasteiger partial charge < -0.3 is 73.6 Å². The number of alkyl carbamates (subject to hydrolysis) is 1. The smallest absolute Gasteiger partial charge is 0.453 e. The number of methoxy groups -OCH3 is 3. The maximum absolute atomic E-state index is 17.6. The zero-order chi connectivity index (χ0) is 64.5. The molecule has 2 aromatic heterocycles. The highest BCUT2D eigenvalue weighted by atomic mass is 31.2. The Kier molecular flexibility index (Phi) is 18.4. The van der Waals surface area contributed by atoms with Crippen LogP contribution in [0.25, 0.3) is 22.1 Å². The molecule has 486 valence electrons. The number of nitrogens with two attached hydrogens (primary N) is 1. The minimum atomic E-state index is -5.21. The Morgan fingerprint density at radius 1 is 0.678 bits per heavy atom. The fourth-order valence-corrected chi connectivity index (χ4v) is 14.5. The van der Waals surface area contributed by atoms with Gasteiger partial charge in [-0.05, 0) is 120 Å². The summed E-state index contributed by atoms with van der Waals surface area (Å²) in [6.07, 6.45) is 0.565. The van der Waals surface area contributed by atoms with Crippen molar-refractivity contribution in [2.75, 3.05) is 57.3 Å². The van der Waals surface area contributed by atoms with E-state index in [4.69, 9.17) is 39.0 Å². The summed E-state index contributed by atoms with van der Waals surface area (Å²) in [6.45, 7) is 2.52. The van der Waals surface area contributed by atoms with Crippen LogP contribution in [0.3, 0.4) is 0 Å². The quantitative estimate of drug-likeness (QED) is 0.0308. The highest BCUT2D eigenvalue weighted by Gasteiger charge is 2.66. The van der Waals surface area contributed by atoms with Gasteiger partial charge in [0.1, 0.15) is 54.3 Å². The molecular weight excluding hydrogens is 1230 g/mol. The van der Waals surface area contributed by atoms with Gasteiger partial charge in [-0.25, -0.2) is 45.8 Å². The highest BCUT2D eigenvalue weighted by Crippen LogP contribution is 2.55. The molecule has 0 radical (unpaired) electrons. The molecule has 1 aliphatic carbocycles. The normalized spacial score (nSPS) is 23.5. The van der Waals surface area contributed by atoms with Crippen LogP contribution < -0.4 is 20.9 Å². The first-order valence-corrected chi connectivity index (χ1v) is 32.7. The number of ether oxygens (including phenoxy) is 3. The summed E-state index contributed by atoms with van der Waals surface area (Å²) in [6, 6.07) is 7.37. The van der Waals surface area contributed by atoms with Gasteiger partial charge in [0.2, 0.25) is 11.8 Å². The van der Waals surface area contributed by atoms with Gasteiger partial charge in [0.25, 0.3) is 0 Å². The predicted octanol–water partition coefficient (Wildman–Crippen LogP) is 8.52. The Balaban J connectivity index is 1.01. The van der Waals surface area contributed by atoms with Crippen molar-refractivity contribution in [2.24, 2.45) is 11.1 Å². The van der Waals surface area contributed by atoms with Crippen LogP contribution in [0.15, 0.2) is 60.7 Å². The van der Waals surface area contributed by atoms with Crippen LogP contribution >= 0.6 is 15.6 Å². The number of imidazole rings is 2. The van der Waals surface area contributed by atoms with Crippen LogP contribution in [-0.4, -0.2) is 138 Å². The van der Waals surface area contributed by atoms with Crippen LogP contribution in [-0.2, 0) is 55.4 Å². The molecule has 7 N–H and O–H groups in total. The lowest BCUT2D eigenvalue weighted by atomic mass is 9.89. The molecule has 5 fully saturated rings. The van der Waals surface area contributed by atoms with Gasteiger partial charge in [0.05, 0.1) is 77.0 Å². The third-order valence-electron chi connectivity index (χ3n) is 18.8. The summed E-state index contributed by atoms with van der Waals surface area (Å²) < 4.78 is 136. The largest absolute Gasteiger partial charge is 0.471 e. The first kappa shape index (κ1) is 64.9. The van der Waals surface area contributed by atoms with Crippen molar-refractivity contribution in [3.63, 3.8) is 0 Å². The number of phosphoric acid groups is 2. The minimum Gasteiger partial charge on any atom is -0.453 e. The molecule has 6 heterocycles. The lowest BCUT2D eigenvalue weighted by Crippen LogP contribution is -2.49. The number of halogens is 5. The van der Waals surface area contributed by atoms with Gasteiger partial charge in [-0.1, -0.05) is 12.1 Å². The molecule has 31 heteroatoms. The Morgan fingerprint density at radius 3 is 1.68 bits per heavy atom. The van der Waals surface area contributed by atoms with Gasteiger partial charge in [0, 0.05) is 69.3 Å². The zero-order valence-corrected chi connectivity index (χ0v) is 51.7. The Morgan fingerprint density at radius 2 is 1.19 bits per heavy atom. The molecule has 6 aromatic rings. The number of carbonyl (C=O) groups is 3. The van der Waals surface area contributed by atoms with Gasteiger partial charge in [-0.2, -0.15) is 0 Å². The molecule has 90 heavy (non-hydrogen) atoms. The van der Waals surface area contributed by atoms with Crippen LogP contribution in [0.1, 0.15) is 130 Å². The van der Waals surface area contributed by atoms with E-state index in [2.05, 4.69) is 5.32 Å². The van der Waals surface area contributed by atoms with Gasteiger partial charge >= 0.3 is 21.7 Å². The van der Waals surface area contributed by atoms with Crippen molar-refractivity contribution in [2.45, 2.75) is 139 Å². The number of hydrogen-bond acceptors (Lipinski definition) is 15. The summed E-state index contributed by atoms with van der Waals surface area (Å²) in [4.78, 5) is 96.6. The maximum atomic E-state index is 17.6. The molecule has 11 rings (SSSR count). The first-order chi connectivity index (χ1) is 42.7. The second kappa shape index (κ2) is 25.5. The average molecular weight is 1300 g/mol. The van der Waals surface area contributed by atoms with Crippen LogP contribution in [0.5, 0.6) is 0 Å². The van der Waals surface area contributed by atoms with E-state index < -0.39 is 130 Å². The standard InChI is InChI=1S/C59H71F5N10O14P2/c1-31(84-3)52(65)56(75)70-18-6-8-47(70)54-66-43-24-37(39(61)26-49(43)72(54)29-87-89(78,79)80)45-14-15-46(74(45)36-22-41(63)53(42(64)23-36)69-20-16-34(17-21-69)33-10-12-35(60)13-11-33)38-25-44-50(27-40(38)62)73(30-88-90(81,82)83)55(67-44)48-9-7-19-71(48)57(76)59(32(2)85-4)28-51(59)68-58(77)86-5/h10-13,22-27,31-32,34,45-48,51-52H,6-9,14-21,28-30,65H2,1-5H3,(H,68,77)(H2,78,79,80)(H2,81,82,83)/t31-,32?,45-,46-,47+,48+,51?,52?,59?/m1/s1. The summed E-state index contributed by atoms with van der Waals surface area (Å²) in [5, 5.41) is 2.70. The van der Waals surface area contributed by atoms with E-state index in [9.17, 15) is 47.5 Å². The number of nitrogens with zero attached hydrogens (tertiary/aromatic N) is 8. The fraction of sp³-hybridized carbons (Fsp3) is 0.508. The summed E-state index contributed by atoms with van der Waals surface area (Å²) in [5.74, 6) is -4.93. The summed E-state index contributed by atoms with van der Waals surface area (Å²) in [7, 11) is -6.37. The molecule has 4 saturated heterocycles. The zero-order valence-electron chi connectivity index (χ0n) is 49.9. The van der Waals surface area contributed by atoms with Gasteiger partial charge in [-0.3, -0.25) is 18.6 Å². The molecule has 5 aliphatic rings. The van der Waals surface area contributed by atoms with E-state index in [1.165, 1.54) is 69.4 Å². The second-order valence-corrected chi connectivity index (χ2v) is 26.2. The lowest BCUT2D eigenvalue weighted by molar-refractivity contribution is -0.143. The number of carbonyl (C=O) groups excluding carboxylic acids is 3. The number of likely N-dealkylation sites (tertiary alicyclic amines) is 2. The lowest BCUT2D eigenvalue weighted by Gasteiger charge is -2.36. The fourth-order valence-electron chi connectivity index (χ4n) is 14.0. The molecule has 4 aliphatic heterocycles. The second-order valence-electron chi connectivity index (χ2n) is 23.7. The molecule has 0 spiro atoms. The summed E-state index contributed by atoms with van der Waals surface area (Å²) >= 11 is 0. The third kappa shape index (κ3) is 12.5. The number of amides is 3. The topological polar surface area (TPSA) is 299 Å². The van der Waals surface area contributed by atoms with E-state index >= 15 is 17.6 Å². The number of benzene rings is 4. The van der Waals surface area contributed by atoms with E-state index in [1.807, 2.05) is 0 Å². The van der Waals surface area contributed by atoms with Gasteiger partial charge in [0.15, 0.2) is 11.6 Å². The number of fused-ring (bicyclic) bond motifs is 2. The average Bonchev–Trinajstić information content (AvgIpc) is 1.56. The number of hydrogen-bond donors (Lipinski definition) is 6.